The van der Waals surface area contributed by atoms with Crippen molar-refractivity contribution < 1.29 is 19.2 Å². The van der Waals surface area contributed by atoms with E-state index in [-0.39, 0.29) is 5.91 Å². The van der Waals surface area contributed by atoms with Crippen molar-refractivity contribution in [3.63, 3.8) is 0 Å². The molecule has 6 heteroatoms. The summed E-state index contributed by atoms with van der Waals surface area (Å²) in [4.78, 5) is 13.2. The van der Waals surface area contributed by atoms with Gasteiger partial charge in [-0.15, -0.1) is 0 Å². The van der Waals surface area contributed by atoms with Crippen LogP contribution in [-0.2, 0) is 17.8 Å². The molecular weight excluding hydrogens is 352 g/mol. The number of halogens is 1. The van der Waals surface area contributed by atoms with E-state index in [1.54, 1.807) is 20.3 Å². The van der Waals surface area contributed by atoms with Gasteiger partial charge in [-0.25, -0.2) is 0 Å². The highest BCUT2D eigenvalue weighted by atomic mass is 35.5. The molecule has 0 fully saturated rings. The Labute approximate surface area is 159 Å². The van der Waals surface area contributed by atoms with Gasteiger partial charge in [0.1, 0.15) is 18.0 Å². The number of ether oxygens (including phenoxy) is 2. The summed E-state index contributed by atoms with van der Waals surface area (Å²) in [5.41, 5.74) is 2.07. The van der Waals surface area contributed by atoms with Crippen LogP contribution in [0.15, 0.2) is 42.5 Å². The van der Waals surface area contributed by atoms with Crippen molar-refractivity contribution in [1.82, 2.24) is 5.32 Å². The molecule has 1 amide bonds. The number of carbonyl (C=O) groups is 1. The van der Waals surface area contributed by atoms with E-state index in [0.29, 0.717) is 24.7 Å². The number of quaternary nitrogens is 1. The second-order valence-corrected chi connectivity index (χ2v) is 6.62. The molecule has 140 valence electrons. The van der Waals surface area contributed by atoms with Crippen LogP contribution in [0.2, 0.25) is 5.02 Å². The first-order valence-electron chi connectivity index (χ1n) is 8.55. The summed E-state index contributed by atoms with van der Waals surface area (Å²) in [6.45, 7) is 1.61. The molecule has 2 aromatic carbocycles. The van der Waals surface area contributed by atoms with Crippen molar-refractivity contribution in [1.29, 1.82) is 0 Å². The maximum Gasteiger partial charge on any atom is 0.275 e. The highest BCUT2D eigenvalue weighted by molar-refractivity contribution is 6.30. The van der Waals surface area contributed by atoms with Crippen LogP contribution in [0.5, 0.6) is 11.5 Å². The molecular formula is C20H26ClN2O3+. The Bertz CT molecular complexity index is 737. The largest absolute Gasteiger partial charge is 0.496 e. The van der Waals surface area contributed by atoms with Gasteiger partial charge >= 0.3 is 0 Å². The quantitative estimate of drug-likeness (QED) is 0.699. The number of amides is 1. The maximum absolute atomic E-state index is 12.2. The van der Waals surface area contributed by atoms with Crippen LogP contribution >= 0.6 is 11.6 Å². The third-order valence-corrected chi connectivity index (χ3v) is 4.34. The molecule has 2 N–H and O–H groups in total. The van der Waals surface area contributed by atoms with E-state index < -0.39 is 0 Å². The summed E-state index contributed by atoms with van der Waals surface area (Å²) >= 11 is 6.06. The predicted molar refractivity (Wildman–Crippen MR) is 103 cm³/mol. The lowest BCUT2D eigenvalue weighted by molar-refractivity contribution is -0.885. The number of para-hydroxylation sites is 1. The Hall–Kier alpha value is -2.24. The van der Waals surface area contributed by atoms with Crippen LogP contribution in [0.4, 0.5) is 0 Å². The molecule has 0 saturated carbocycles. The first-order valence-corrected chi connectivity index (χ1v) is 8.93. The van der Waals surface area contributed by atoms with Gasteiger partial charge in [0.05, 0.1) is 21.3 Å². The fraction of sp³-hybridized carbons (Fsp3) is 0.350. The molecule has 0 spiro atoms. The fourth-order valence-corrected chi connectivity index (χ4v) is 3.05. The Morgan fingerprint density at radius 1 is 1.08 bits per heavy atom. The summed E-state index contributed by atoms with van der Waals surface area (Å²) in [6.07, 6.45) is 0.733. The summed E-state index contributed by atoms with van der Waals surface area (Å²) < 4.78 is 10.7. The van der Waals surface area contributed by atoms with Crippen LogP contribution in [0.25, 0.3) is 0 Å². The van der Waals surface area contributed by atoms with Gasteiger partial charge in [-0.1, -0.05) is 29.8 Å². The molecule has 2 rings (SSSR count). The molecule has 0 heterocycles. The van der Waals surface area contributed by atoms with Crippen LogP contribution in [-0.4, -0.2) is 40.3 Å². The van der Waals surface area contributed by atoms with Crippen LogP contribution in [0.3, 0.4) is 0 Å². The highest BCUT2D eigenvalue weighted by Crippen LogP contribution is 2.21. The van der Waals surface area contributed by atoms with Crippen molar-refractivity contribution >= 4 is 17.5 Å². The topological polar surface area (TPSA) is 52.0 Å². The molecule has 0 aromatic heterocycles. The van der Waals surface area contributed by atoms with Gasteiger partial charge in [-0.3, -0.25) is 4.79 Å². The van der Waals surface area contributed by atoms with Gasteiger partial charge in [0.25, 0.3) is 5.91 Å². The van der Waals surface area contributed by atoms with Crippen LogP contribution < -0.4 is 19.7 Å². The van der Waals surface area contributed by atoms with E-state index in [0.717, 1.165) is 33.9 Å². The lowest BCUT2D eigenvalue weighted by Crippen LogP contribution is -3.08. The van der Waals surface area contributed by atoms with Gasteiger partial charge in [0.2, 0.25) is 0 Å². The molecule has 0 radical (unpaired) electrons. The SMILES string of the molecule is COc1ccccc1CCNC(=O)C[NH+](C)Cc1cc(Cl)ccc1OC. The Balaban J connectivity index is 1.81. The number of hydrogen-bond donors (Lipinski definition) is 2. The molecule has 0 aliphatic rings. The van der Waals surface area contributed by atoms with Crippen molar-refractivity contribution in [3.05, 3.63) is 58.6 Å². The van der Waals surface area contributed by atoms with Gasteiger partial charge in [0.15, 0.2) is 6.54 Å². The van der Waals surface area contributed by atoms with E-state index in [2.05, 4.69) is 5.32 Å². The minimum atomic E-state index is 0.0124. The number of nitrogens with one attached hydrogen (secondary N) is 2. The maximum atomic E-state index is 12.2. The first kappa shape index (κ1) is 20.1. The molecule has 0 aliphatic heterocycles. The van der Waals surface area contributed by atoms with Crippen molar-refractivity contribution in [2.45, 2.75) is 13.0 Å². The summed E-state index contributed by atoms with van der Waals surface area (Å²) in [5, 5.41) is 3.63. The lowest BCUT2D eigenvalue weighted by atomic mass is 10.1. The molecule has 0 saturated heterocycles. The summed E-state index contributed by atoms with van der Waals surface area (Å²) in [7, 11) is 5.26. The fourth-order valence-electron chi connectivity index (χ4n) is 2.86. The number of methoxy groups -OCH3 is 2. The zero-order valence-electron chi connectivity index (χ0n) is 15.5. The number of carbonyl (C=O) groups excluding carboxylic acids is 1. The molecule has 5 nitrogen and oxygen atoms in total. The van der Waals surface area contributed by atoms with E-state index in [1.165, 1.54) is 0 Å². The number of benzene rings is 2. The van der Waals surface area contributed by atoms with Crippen molar-refractivity contribution in [3.8, 4) is 11.5 Å². The summed E-state index contributed by atoms with van der Waals surface area (Å²) in [5.74, 6) is 1.64. The van der Waals surface area contributed by atoms with Crippen molar-refractivity contribution in [2.24, 2.45) is 0 Å². The Morgan fingerprint density at radius 2 is 1.77 bits per heavy atom. The minimum Gasteiger partial charge on any atom is -0.496 e. The second-order valence-electron chi connectivity index (χ2n) is 6.18. The zero-order chi connectivity index (χ0) is 18.9. The smallest absolute Gasteiger partial charge is 0.275 e. The normalized spacial score (nSPS) is 11.7. The number of likely N-dealkylation sites (N-methyl/N-ethyl adjacent to an activating group) is 1. The van der Waals surface area contributed by atoms with Gasteiger partial charge in [-0.2, -0.15) is 0 Å². The number of hydrogen-bond acceptors (Lipinski definition) is 3. The van der Waals surface area contributed by atoms with Gasteiger partial charge < -0.3 is 19.7 Å². The molecule has 1 atom stereocenters. The molecule has 2 aromatic rings. The molecule has 1 unspecified atom stereocenters. The van der Waals surface area contributed by atoms with Gasteiger partial charge in [0, 0.05) is 17.1 Å². The van der Waals surface area contributed by atoms with Crippen molar-refractivity contribution in [2.75, 3.05) is 34.4 Å². The van der Waals surface area contributed by atoms with E-state index in [4.69, 9.17) is 21.1 Å². The Kier molecular flexibility index (Phi) is 7.75. The lowest BCUT2D eigenvalue weighted by Gasteiger charge is -2.16. The zero-order valence-corrected chi connectivity index (χ0v) is 16.2. The van der Waals surface area contributed by atoms with E-state index in [1.807, 2.05) is 43.4 Å². The first-order chi connectivity index (χ1) is 12.5. The molecule has 26 heavy (non-hydrogen) atoms. The number of rotatable bonds is 9. The second kappa shape index (κ2) is 10.0. The molecule has 0 aliphatic carbocycles. The van der Waals surface area contributed by atoms with E-state index >= 15 is 0 Å². The third-order valence-electron chi connectivity index (χ3n) is 4.11. The molecule has 0 bridgehead atoms. The van der Waals surface area contributed by atoms with Crippen LogP contribution in [0.1, 0.15) is 11.1 Å². The minimum absolute atomic E-state index is 0.0124. The van der Waals surface area contributed by atoms with Crippen LogP contribution in [0, 0.1) is 0 Å². The summed E-state index contributed by atoms with van der Waals surface area (Å²) in [6, 6.07) is 13.4. The standard InChI is InChI=1S/C20H25ClN2O3/c1-23(13-16-12-17(21)8-9-19(16)26-3)14-20(24)22-11-10-15-6-4-5-7-18(15)25-2/h4-9,12H,10-11,13-14H2,1-3H3,(H,22,24)/p+1. The Morgan fingerprint density at radius 3 is 2.50 bits per heavy atom. The predicted octanol–water partition coefficient (Wildman–Crippen LogP) is 1.73. The monoisotopic (exact) mass is 377 g/mol. The average Bonchev–Trinajstić information content (AvgIpc) is 2.62. The average molecular weight is 378 g/mol. The third kappa shape index (κ3) is 5.93. The highest BCUT2D eigenvalue weighted by Gasteiger charge is 2.14. The van der Waals surface area contributed by atoms with Gasteiger partial charge in [-0.05, 0) is 36.2 Å². The van der Waals surface area contributed by atoms with E-state index in [9.17, 15) is 4.79 Å².